The van der Waals surface area contributed by atoms with Gasteiger partial charge >= 0.3 is 0 Å². The molecule has 0 radical (unpaired) electrons. The maximum absolute atomic E-state index is 13.4. The minimum atomic E-state index is -3.65. The third kappa shape index (κ3) is 3.44. The Labute approximate surface area is 194 Å². The Balaban J connectivity index is 1.47. The van der Waals surface area contributed by atoms with Crippen molar-refractivity contribution in [1.82, 2.24) is 9.62 Å². The van der Waals surface area contributed by atoms with Crippen LogP contribution in [-0.4, -0.2) is 45.3 Å². The van der Waals surface area contributed by atoms with Crippen LogP contribution in [0.4, 0.5) is 0 Å². The maximum atomic E-state index is 13.4. The van der Waals surface area contributed by atoms with E-state index < -0.39 is 15.4 Å². The van der Waals surface area contributed by atoms with Gasteiger partial charge in [-0.05, 0) is 55.4 Å². The van der Waals surface area contributed by atoms with Gasteiger partial charge in [0.2, 0.25) is 10.0 Å². The number of benzene rings is 1. The summed E-state index contributed by atoms with van der Waals surface area (Å²) in [7, 11) is -2.08. The zero-order valence-electron chi connectivity index (χ0n) is 19.6. The first kappa shape index (κ1) is 22.3. The Morgan fingerprint density at radius 2 is 1.88 bits per heavy atom. The fourth-order valence-corrected chi connectivity index (χ4v) is 7.42. The van der Waals surface area contributed by atoms with Gasteiger partial charge in [0.05, 0.1) is 18.6 Å². The second-order valence-electron chi connectivity index (χ2n) is 10.3. The van der Waals surface area contributed by atoms with Gasteiger partial charge in [0, 0.05) is 41.8 Å². The number of carbonyl (C=O) groups is 1. The Hall–Kier alpha value is -2.52. The Bertz CT molecular complexity index is 1230. The van der Waals surface area contributed by atoms with E-state index >= 15 is 0 Å². The van der Waals surface area contributed by atoms with E-state index in [-0.39, 0.29) is 16.1 Å². The van der Waals surface area contributed by atoms with E-state index in [0.717, 1.165) is 34.6 Å². The van der Waals surface area contributed by atoms with Crippen molar-refractivity contribution < 1.29 is 17.9 Å². The fourth-order valence-electron chi connectivity index (χ4n) is 5.89. The Morgan fingerprint density at radius 3 is 2.55 bits per heavy atom. The minimum Gasteiger partial charge on any atom is -0.496 e. The highest BCUT2D eigenvalue weighted by Crippen LogP contribution is 2.55. The number of dihydropyridines is 1. The van der Waals surface area contributed by atoms with E-state index in [9.17, 15) is 13.2 Å². The van der Waals surface area contributed by atoms with Gasteiger partial charge in [-0.3, -0.25) is 4.79 Å². The first-order valence-electron chi connectivity index (χ1n) is 11.4. The number of nitrogens with one attached hydrogen (secondary N) is 1. The number of hydrogen-bond acceptors (Lipinski definition) is 7. The number of sulfonamides is 1. The molecule has 8 nitrogen and oxygen atoms in total. The van der Waals surface area contributed by atoms with Gasteiger partial charge in [-0.25, -0.2) is 8.42 Å². The lowest BCUT2D eigenvalue weighted by molar-refractivity contribution is -0.119. The topological polar surface area (TPSA) is 100 Å². The van der Waals surface area contributed by atoms with Crippen LogP contribution in [0.2, 0.25) is 0 Å². The zero-order chi connectivity index (χ0) is 23.6. The summed E-state index contributed by atoms with van der Waals surface area (Å²) in [5.41, 5.74) is 2.98. The molecule has 0 atom stereocenters. The number of azo groups is 1. The molecule has 4 aliphatic rings. The van der Waals surface area contributed by atoms with Crippen molar-refractivity contribution in [3.63, 3.8) is 0 Å². The van der Waals surface area contributed by atoms with Gasteiger partial charge in [-0.1, -0.05) is 13.8 Å². The van der Waals surface area contributed by atoms with Gasteiger partial charge in [-0.15, -0.1) is 5.11 Å². The number of ketones is 1. The third-order valence-electron chi connectivity index (χ3n) is 7.47. The number of ether oxygens (including phenoxy) is 1. The van der Waals surface area contributed by atoms with Crippen LogP contribution < -0.4 is 10.1 Å². The summed E-state index contributed by atoms with van der Waals surface area (Å²) in [4.78, 5) is 13.6. The van der Waals surface area contributed by atoms with Crippen LogP contribution in [0.5, 0.6) is 5.75 Å². The lowest BCUT2D eigenvalue weighted by atomic mass is 9.60. The van der Waals surface area contributed by atoms with Crippen LogP contribution in [0.25, 0.3) is 0 Å². The van der Waals surface area contributed by atoms with Crippen molar-refractivity contribution in [2.24, 2.45) is 21.1 Å². The molecule has 1 aromatic carbocycles. The summed E-state index contributed by atoms with van der Waals surface area (Å²) >= 11 is 0. The quantitative estimate of drug-likeness (QED) is 0.726. The number of allylic oxidation sites excluding steroid dienone is 2. The predicted octanol–water partition coefficient (Wildman–Crippen LogP) is 3.70. The Kier molecular flexibility index (Phi) is 5.06. The van der Waals surface area contributed by atoms with Gasteiger partial charge < -0.3 is 10.1 Å². The number of methoxy groups -OCH3 is 1. The molecule has 5 rings (SSSR count). The number of nitrogens with zero attached hydrogens (tertiary/aromatic N) is 3. The van der Waals surface area contributed by atoms with Crippen LogP contribution in [0.15, 0.2) is 56.0 Å². The van der Waals surface area contributed by atoms with Gasteiger partial charge in [0.15, 0.2) is 11.6 Å². The van der Waals surface area contributed by atoms with E-state index in [0.29, 0.717) is 44.6 Å². The summed E-state index contributed by atoms with van der Waals surface area (Å²) in [6, 6.07) is 4.95. The summed E-state index contributed by atoms with van der Waals surface area (Å²) < 4.78 is 33.6. The van der Waals surface area contributed by atoms with Crippen molar-refractivity contribution >= 4 is 15.8 Å². The highest BCUT2D eigenvalue weighted by molar-refractivity contribution is 7.89. The summed E-state index contributed by atoms with van der Waals surface area (Å²) in [5.74, 6) is 1.57. The molecule has 0 amide bonds. The number of piperidine rings is 1. The second kappa shape index (κ2) is 7.50. The van der Waals surface area contributed by atoms with E-state index in [2.05, 4.69) is 29.4 Å². The third-order valence-corrected chi connectivity index (χ3v) is 9.36. The molecule has 0 bridgehead atoms. The normalized spacial score (nSPS) is 24.1. The molecule has 1 fully saturated rings. The predicted molar refractivity (Wildman–Crippen MR) is 123 cm³/mol. The molecule has 1 spiro atoms. The summed E-state index contributed by atoms with van der Waals surface area (Å²) in [6.07, 6.45) is 2.38. The number of rotatable bonds is 3. The molecule has 0 unspecified atom stereocenters. The molecular formula is C24H30N4O4S. The molecule has 9 heteroatoms. The maximum Gasteiger partial charge on any atom is 0.243 e. The van der Waals surface area contributed by atoms with E-state index in [1.54, 1.807) is 29.6 Å². The lowest BCUT2D eigenvalue weighted by Gasteiger charge is -2.48. The standard InChI is InChI=1S/C24H30N4O4S/c1-15-11-16(5-6-20(15)32-4)33(30,31)28-9-7-24(8-10-28)17-14-25-27-22(17)26-18-12-23(2,3)13-19(29)21(18)24/h5-6,11,26H,7-10,12-14H2,1-4H3. The molecule has 0 aromatic heterocycles. The van der Waals surface area contributed by atoms with Crippen LogP contribution in [0.1, 0.15) is 45.1 Å². The largest absolute Gasteiger partial charge is 0.496 e. The molecule has 1 aromatic rings. The average Bonchev–Trinajstić information content (AvgIpc) is 3.22. The smallest absolute Gasteiger partial charge is 0.243 e. The Morgan fingerprint density at radius 1 is 1.15 bits per heavy atom. The highest BCUT2D eigenvalue weighted by atomic mass is 32.2. The van der Waals surface area contributed by atoms with Crippen molar-refractivity contribution in [2.75, 3.05) is 26.7 Å². The minimum absolute atomic E-state index is 0.117. The molecule has 33 heavy (non-hydrogen) atoms. The average molecular weight is 471 g/mol. The number of hydrogen-bond donors (Lipinski definition) is 1. The molecule has 3 heterocycles. The van der Waals surface area contributed by atoms with Crippen LogP contribution in [-0.2, 0) is 14.8 Å². The number of fused-ring (bicyclic) bond motifs is 2. The van der Waals surface area contributed by atoms with Crippen molar-refractivity contribution in [2.45, 2.75) is 51.3 Å². The number of carbonyl (C=O) groups excluding carboxylic acids is 1. The SMILES string of the molecule is COc1ccc(S(=O)(=O)N2CCC3(CC2)C2=C(N=NC2)NC2=C3C(=O)CC(C)(C)C2)cc1C. The number of aryl methyl sites for hydroxylation is 1. The van der Waals surface area contributed by atoms with Gasteiger partial charge in [-0.2, -0.15) is 9.42 Å². The van der Waals surface area contributed by atoms with Crippen LogP contribution in [0.3, 0.4) is 0 Å². The highest BCUT2D eigenvalue weighted by Gasteiger charge is 2.53. The number of Topliss-reactive ketones (excluding diaryl/α,β-unsaturated/α-hetero) is 1. The summed E-state index contributed by atoms with van der Waals surface area (Å²) in [5, 5.41) is 12.0. The molecule has 3 aliphatic heterocycles. The van der Waals surface area contributed by atoms with E-state index in [1.807, 2.05) is 6.92 Å². The van der Waals surface area contributed by atoms with Crippen molar-refractivity contribution in [3.8, 4) is 5.75 Å². The molecule has 176 valence electrons. The van der Waals surface area contributed by atoms with Crippen LogP contribution in [0, 0.1) is 17.8 Å². The van der Waals surface area contributed by atoms with Crippen LogP contribution >= 0.6 is 0 Å². The molecule has 1 aliphatic carbocycles. The van der Waals surface area contributed by atoms with E-state index in [1.165, 1.54) is 0 Å². The first-order valence-corrected chi connectivity index (χ1v) is 12.8. The molecular weight excluding hydrogens is 440 g/mol. The molecule has 1 saturated heterocycles. The lowest BCUT2D eigenvalue weighted by Crippen LogP contribution is -2.50. The molecule has 1 N–H and O–H groups in total. The van der Waals surface area contributed by atoms with E-state index in [4.69, 9.17) is 4.74 Å². The zero-order valence-corrected chi connectivity index (χ0v) is 20.4. The van der Waals surface area contributed by atoms with Gasteiger partial charge in [0.25, 0.3) is 0 Å². The van der Waals surface area contributed by atoms with Gasteiger partial charge in [0.1, 0.15) is 5.75 Å². The molecule has 0 saturated carbocycles. The first-order chi connectivity index (χ1) is 15.6. The summed E-state index contributed by atoms with van der Waals surface area (Å²) in [6.45, 7) is 7.20. The second-order valence-corrected chi connectivity index (χ2v) is 12.2. The van der Waals surface area contributed by atoms with Crippen molar-refractivity contribution in [3.05, 3.63) is 46.4 Å². The monoisotopic (exact) mass is 470 g/mol. The van der Waals surface area contributed by atoms with Crippen molar-refractivity contribution in [1.29, 1.82) is 0 Å². The fraction of sp³-hybridized carbons (Fsp3) is 0.542.